The highest BCUT2D eigenvalue weighted by Gasteiger charge is 2.18. The molecule has 0 aliphatic rings. The van der Waals surface area contributed by atoms with Crippen molar-refractivity contribution in [1.82, 2.24) is 20.1 Å². The molecule has 0 saturated heterocycles. The standard InChI is InChI=1S/C21H21N5OS/c1-15-19-20(26(24-15)17-11-7-4-8-12-17)23-21(28-19)25(2)14-18(27)22-13-16-9-5-3-6-10-16/h3-12H,13-14H2,1-2H3,(H,22,27). The molecule has 2 heterocycles. The van der Waals surface area contributed by atoms with E-state index in [1.807, 2.05) is 84.2 Å². The summed E-state index contributed by atoms with van der Waals surface area (Å²) in [7, 11) is 1.88. The summed E-state index contributed by atoms with van der Waals surface area (Å²) >= 11 is 1.56. The van der Waals surface area contributed by atoms with Crippen molar-refractivity contribution in [2.45, 2.75) is 13.5 Å². The molecule has 0 spiro atoms. The second kappa shape index (κ2) is 7.82. The Morgan fingerprint density at radius 2 is 1.79 bits per heavy atom. The summed E-state index contributed by atoms with van der Waals surface area (Å²) in [6, 6.07) is 19.8. The molecule has 2 aromatic carbocycles. The first-order valence-corrected chi connectivity index (χ1v) is 9.87. The van der Waals surface area contributed by atoms with Crippen LogP contribution in [0.25, 0.3) is 16.0 Å². The minimum absolute atomic E-state index is 0.0352. The zero-order valence-corrected chi connectivity index (χ0v) is 16.6. The number of nitrogens with one attached hydrogen (secondary N) is 1. The maximum Gasteiger partial charge on any atom is 0.239 e. The average molecular weight is 392 g/mol. The van der Waals surface area contributed by atoms with E-state index in [1.165, 1.54) is 0 Å². The predicted molar refractivity (Wildman–Crippen MR) is 113 cm³/mol. The second-order valence-electron chi connectivity index (χ2n) is 6.60. The van der Waals surface area contributed by atoms with Crippen LogP contribution in [0.1, 0.15) is 11.3 Å². The van der Waals surface area contributed by atoms with Crippen LogP contribution < -0.4 is 10.2 Å². The van der Waals surface area contributed by atoms with E-state index >= 15 is 0 Å². The Hall–Kier alpha value is -3.19. The van der Waals surface area contributed by atoms with Gasteiger partial charge in [0.1, 0.15) is 0 Å². The normalized spacial score (nSPS) is 10.9. The summed E-state index contributed by atoms with van der Waals surface area (Å²) in [6.45, 7) is 2.76. The Morgan fingerprint density at radius 3 is 2.50 bits per heavy atom. The summed E-state index contributed by atoms with van der Waals surface area (Å²) in [5.74, 6) is -0.0352. The minimum atomic E-state index is -0.0352. The van der Waals surface area contributed by atoms with Gasteiger partial charge in [0.2, 0.25) is 5.91 Å². The van der Waals surface area contributed by atoms with E-state index in [-0.39, 0.29) is 12.5 Å². The highest BCUT2D eigenvalue weighted by molar-refractivity contribution is 7.22. The maximum atomic E-state index is 12.3. The number of aromatic nitrogens is 3. The summed E-state index contributed by atoms with van der Waals surface area (Å²) < 4.78 is 2.89. The van der Waals surface area contributed by atoms with E-state index in [9.17, 15) is 4.79 Å². The van der Waals surface area contributed by atoms with Gasteiger partial charge in [0.05, 0.1) is 22.6 Å². The molecule has 6 nitrogen and oxygen atoms in total. The molecule has 0 aliphatic heterocycles. The Balaban J connectivity index is 1.48. The van der Waals surface area contributed by atoms with Crippen molar-refractivity contribution in [3.05, 3.63) is 71.9 Å². The van der Waals surface area contributed by atoms with Gasteiger partial charge in [-0.15, -0.1) is 0 Å². The van der Waals surface area contributed by atoms with Gasteiger partial charge in [-0.25, -0.2) is 4.68 Å². The largest absolute Gasteiger partial charge is 0.350 e. The first kappa shape index (κ1) is 18.2. The Bertz CT molecular complexity index is 1090. The van der Waals surface area contributed by atoms with E-state index in [0.29, 0.717) is 6.54 Å². The quantitative estimate of drug-likeness (QED) is 0.546. The SMILES string of the molecule is Cc1nn(-c2ccccc2)c2nc(N(C)CC(=O)NCc3ccccc3)sc12. The van der Waals surface area contributed by atoms with Crippen molar-refractivity contribution in [3.8, 4) is 5.69 Å². The number of carbonyl (C=O) groups is 1. The number of aryl methyl sites for hydroxylation is 1. The van der Waals surface area contributed by atoms with Crippen LogP contribution >= 0.6 is 11.3 Å². The molecule has 0 bridgehead atoms. The van der Waals surface area contributed by atoms with Gasteiger partial charge < -0.3 is 10.2 Å². The molecule has 0 fully saturated rings. The number of rotatable bonds is 6. The first-order chi connectivity index (χ1) is 13.6. The lowest BCUT2D eigenvalue weighted by molar-refractivity contribution is -0.119. The van der Waals surface area contributed by atoms with Gasteiger partial charge in [-0.05, 0) is 24.6 Å². The molecule has 7 heteroatoms. The molecular weight excluding hydrogens is 370 g/mol. The average Bonchev–Trinajstić information content (AvgIpc) is 3.29. The highest BCUT2D eigenvalue weighted by atomic mass is 32.1. The number of para-hydroxylation sites is 1. The molecule has 2 aromatic heterocycles. The van der Waals surface area contributed by atoms with E-state index < -0.39 is 0 Å². The number of fused-ring (bicyclic) bond motifs is 1. The van der Waals surface area contributed by atoms with Gasteiger partial charge in [0.15, 0.2) is 10.8 Å². The number of hydrogen-bond acceptors (Lipinski definition) is 5. The number of amides is 1. The molecule has 1 amide bonds. The summed E-state index contributed by atoms with van der Waals surface area (Å²) in [6.07, 6.45) is 0. The van der Waals surface area contributed by atoms with Gasteiger partial charge in [0.25, 0.3) is 0 Å². The monoisotopic (exact) mass is 391 g/mol. The van der Waals surface area contributed by atoms with Gasteiger partial charge >= 0.3 is 0 Å². The van der Waals surface area contributed by atoms with E-state index in [0.717, 1.165) is 32.4 Å². The molecule has 142 valence electrons. The molecule has 0 radical (unpaired) electrons. The van der Waals surface area contributed by atoms with Gasteiger partial charge in [-0.1, -0.05) is 59.9 Å². The van der Waals surface area contributed by atoms with Gasteiger partial charge in [-0.3, -0.25) is 4.79 Å². The fourth-order valence-corrected chi connectivity index (χ4v) is 3.92. The van der Waals surface area contributed by atoms with Crippen molar-refractivity contribution in [1.29, 1.82) is 0 Å². The first-order valence-electron chi connectivity index (χ1n) is 9.05. The Kier molecular flexibility index (Phi) is 5.08. The molecule has 0 atom stereocenters. The molecule has 0 unspecified atom stereocenters. The lowest BCUT2D eigenvalue weighted by Gasteiger charge is -2.15. The van der Waals surface area contributed by atoms with Crippen LogP contribution in [0.5, 0.6) is 0 Å². The third-order valence-corrected chi connectivity index (χ3v) is 5.69. The number of thiazole rings is 1. The van der Waals surface area contributed by atoms with E-state index in [1.54, 1.807) is 11.3 Å². The zero-order valence-electron chi connectivity index (χ0n) is 15.8. The summed E-state index contributed by atoms with van der Waals surface area (Å²) in [5, 5.41) is 8.37. The zero-order chi connectivity index (χ0) is 19.5. The number of nitrogens with zero attached hydrogens (tertiary/aromatic N) is 4. The maximum absolute atomic E-state index is 12.3. The Labute approximate surface area is 167 Å². The molecule has 28 heavy (non-hydrogen) atoms. The lowest BCUT2D eigenvalue weighted by Crippen LogP contribution is -2.34. The highest BCUT2D eigenvalue weighted by Crippen LogP contribution is 2.31. The summed E-state index contributed by atoms with van der Waals surface area (Å²) in [4.78, 5) is 18.9. The van der Waals surface area contributed by atoms with Crippen LogP contribution in [0, 0.1) is 6.92 Å². The number of anilines is 1. The predicted octanol–water partition coefficient (Wildman–Crippen LogP) is 3.54. The third-order valence-electron chi connectivity index (χ3n) is 4.42. The van der Waals surface area contributed by atoms with Crippen LogP contribution in [-0.4, -0.2) is 34.3 Å². The van der Waals surface area contributed by atoms with Crippen LogP contribution in [0.4, 0.5) is 5.13 Å². The molecule has 0 aliphatic carbocycles. The van der Waals surface area contributed by atoms with Crippen molar-refractivity contribution >= 4 is 32.7 Å². The van der Waals surface area contributed by atoms with Crippen molar-refractivity contribution < 1.29 is 4.79 Å². The minimum Gasteiger partial charge on any atom is -0.350 e. The summed E-state index contributed by atoms with van der Waals surface area (Å²) in [5.41, 5.74) is 3.81. The van der Waals surface area contributed by atoms with E-state index in [2.05, 4.69) is 10.4 Å². The topological polar surface area (TPSA) is 63.1 Å². The van der Waals surface area contributed by atoms with Crippen molar-refractivity contribution in [2.24, 2.45) is 0 Å². The molecule has 0 saturated carbocycles. The number of benzene rings is 2. The van der Waals surface area contributed by atoms with Gasteiger partial charge in [0, 0.05) is 13.6 Å². The second-order valence-corrected chi connectivity index (χ2v) is 7.58. The van der Waals surface area contributed by atoms with Crippen LogP contribution in [0.3, 0.4) is 0 Å². The van der Waals surface area contributed by atoms with Crippen molar-refractivity contribution in [3.63, 3.8) is 0 Å². The fraction of sp³-hybridized carbons (Fsp3) is 0.190. The van der Waals surface area contributed by atoms with Gasteiger partial charge in [-0.2, -0.15) is 10.1 Å². The number of carbonyl (C=O) groups excluding carboxylic acids is 1. The number of likely N-dealkylation sites (N-methyl/N-ethyl adjacent to an activating group) is 1. The molecule has 1 N–H and O–H groups in total. The molecule has 4 aromatic rings. The fourth-order valence-electron chi connectivity index (χ4n) is 2.97. The third kappa shape index (κ3) is 3.75. The Morgan fingerprint density at radius 1 is 1.11 bits per heavy atom. The smallest absolute Gasteiger partial charge is 0.239 e. The van der Waals surface area contributed by atoms with Crippen LogP contribution in [0.15, 0.2) is 60.7 Å². The van der Waals surface area contributed by atoms with Crippen LogP contribution in [-0.2, 0) is 11.3 Å². The number of hydrogen-bond donors (Lipinski definition) is 1. The van der Waals surface area contributed by atoms with Crippen molar-refractivity contribution in [2.75, 3.05) is 18.5 Å². The molecule has 4 rings (SSSR count). The molecular formula is C21H21N5OS. The van der Waals surface area contributed by atoms with Crippen LogP contribution in [0.2, 0.25) is 0 Å². The lowest BCUT2D eigenvalue weighted by atomic mass is 10.2. The van der Waals surface area contributed by atoms with E-state index in [4.69, 9.17) is 4.98 Å².